The molecule has 0 saturated heterocycles. The number of hydrogen-bond donors (Lipinski definition) is 0. The Hall–Kier alpha value is -1.26. The first-order chi connectivity index (χ1) is 7.36. The Bertz CT molecular complexity index is 463. The van der Waals surface area contributed by atoms with E-state index in [0.717, 1.165) is 9.77 Å². The molecule has 0 radical (unpaired) electrons. The van der Waals surface area contributed by atoms with Crippen LogP contribution in [0.3, 0.4) is 0 Å². The number of pyridine rings is 1. The van der Waals surface area contributed by atoms with Crippen molar-refractivity contribution < 1.29 is 4.21 Å². The first kappa shape index (κ1) is 10.3. The van der Waals surface area contributed by atoms with Crippen molar-refractivity contribution in [1.82, 2.24) is 4.98 Å². The van der Waals surface area contributed by atoms with E-state index in [2.05, 4.69) is 4.98 Å². The van der Waals surface area contributed by atoms with Gasteiger partial charge >= 0.3 is 0 Å². The van der Waals surface area contributed by atoms with Crippen LogP contribution < -0.4 is 0 Å². The monoisotopic (exact) mass is 235 g/mol. The maximum Gasteiger partial charge on any atom is 0.0792 e. The molecule has 0 aliphatic heterocycles. The zero-order chi connectivity index (χ0) is 10.5. The lowest BCUT2D eigenvalue weighted by molar-refractivity contribution is 0.688. The summed E-state index contributed by atoms with van der Waals surface area (Å²) in [6, 6.07) is 7.55. The van der Waals surface area contributed by atoms with Gasteiger partial charge in [-0.1, -0.05) is 6.07 Å². The van der Waals surface area contributed by atoms with Gasteiger partial charge in [-0.15, -0.1) is 11.3 Å². The van der Waals surface area contributed by atoms with Crippen molar-refractivity contribution in [2.24, 2.45) is 0 Å². The molecule has 2 nitrogen and oxygen atoms in total. The minimum Gasteiger partial charge on any atom is -0.263 e. The molecule has 0 bridgehead atoms. The van der Waals surface area contributed by atoms with Gasteiger partial charge in [-0.2, -0.15) is 0 Å². The van der Waals surface area contributed by atoms with Gasteiger partial charge in [0.1, 0.15) is 0 Å². The topological polar surface area (TPSA) is 30.0 Å². The molecular formula is C11H9NOS2. The summed E-state index contributed by atoms with van der Waals surface area (Å²) in [6.45, 7) is 0. The van der Waals surface area contributed by atoms with Crippen molar-refractivity contribution >= 4 is 28.2 Å². The second-order valence-electron chi connectivity index (χ2n) is 2.80. The predicted octanol–water partition coefficient (Wildman–Crippen LogP) is 2.92. The number of aromatic nitrogens is 1. The maximum absolute atomic E-state index is 11.7. The highest BCUT2D eigenvalue weighted by atomic mass is 32.2. The summed E-state index contributed by atoms with van der Waals surface area (Å²) in [7, 11) is -1.10. The fourth-order valence-corrected chi connectivity index (χ4v) is 2.57. The van der Waals surface area contributed by atoms with E-state index in [9.17, 15) is 4.21 Å². The highest BCUT2D eigenvalue weighted by Crippen LogP contribution is 2.12. The van der Waals surface area contributed by atoms with Crippen LogP contribution in [0.5, 0.6) is 0 Å². The molecule has 2 rings (SSSR count). The second kappa shape index (κ2) is 5.00. The Morgan fingerprint density at radius 1 is 1.33 bits per heavy atom. The van der Waals surface area contributed by atoms with Crippen LogP contribution in [0.2, 0.25) is 0 Å². The van der Waals surface area contributed by atoms with E-state index in [1.807, 2.05) is 29.7 Å². The average Bonchev–Trinajstić information content (AvgIpc) is 2.80. The summed E-state index contributed by atoms with van der Waals surface area (Å²) < 4.78 is 11.7. The van der Waals surface area contributed by atoms with Gasteiger partial charge < -0.3 is 0 Å². The molecule has 0 amide bonds. The Morgan fingerprint density at radius 2 is 2.27 bits per heavy atom. The molecule has 2 aromatic heterocycles. The minimum atomic E-state index is -1.10. The van der Waals surface area contributed by atoms with E-state index < -0.39 is 10.8 Å². The first-order valence-corrected chi connectivity index (χ1v) is 6.48. The smallest absolute Gasteiger partial charge is 0.0792 e. The van der Waals surface area contributed by atoms with Gasteiger partial charge in [0, 0.05) is 22.7 Å². The molecule has 0 aromatic carbocycles. The van der Waals surface area contributed by atoms with Gasteiger partial charge in [-0.25, -0.2) is 4.21 Å². The van der Waals surface area contributed by atoms with E-state index >= 15 is 0 Å². The van der Waals surface area contributed by atoms with E-state index in [4.69, 9.17) is 0 Å². The fourth-order valence-electron chi connectivity index (χ4n) is 1.06. The molecule has 0 N–H and O–H groups in total. The van der Waals surface area contributed by atoms with Crippen molar-refractivity contribution in [3.05, 3.63) is 52.3 Å². The van der Waals surface area contributed by atoms with Crippen LogP contribution in [0.1, 0.15) is 4.88 Å². The average molecular weight is 235 g/mol. The Kier molecular flexibility index (Phi) is 3.42. The van der Waals surface area contributed by atoms with Crippen LogP contribution in [0.25, 0.3) is 6.08 Å². The largest absolute Gasteiger partial charge is 0.263 e. The van der Waals surface area contributed by atoms with Crippen molar-refractivity contribution in [2.45, 2.75) is 4.90 Å². The summed E-state index contributed by atoms with van der Waals surface area (Å²) in [4.78, 5) is 5.76. The standard InChI is InChI=1S/C11H9NOS2/c13-15(11-4-1-6-12-9-11)8-5-10-3-2-7-14-10/h1-9H/b8-5-. The third kappa shape index (κ3) is 2.84. The van der Waals surface area contributed by atoms with Crippen molar-refractivity contribution in [2.75, 3.05) is 0 Å². The summed E-state index contributed by atoms with van der Waals surface area (Å²) in [5.41, 5.74) is 0. The normalized spacial score (nSPS) is 13.1. The molecule has 0 saturated carbocycles. The van der Waals surface area contributed by atoms with Crippen LogP contribution in [-0.2, 0) is 10.8 Å². The molecule has 2 aromatic rings. The van der Waals surface area contributed by atoms with Crippen molar-refractivity contribution in [1.29, 1.82) is 0 Å². The van der Waals surface area contributed by atoms with E-state index in [-0.39, 0.29) is 0 Å². The highest BCUT2D eigenvalue weighted by molar-refractivity contribution is 7.88. The molecule has 0 aliphatic rings. The Balaban J connectivity index is 2.11. The molecule has 15 heavy (non-hydrogen) atoms. The van der Waals surface area contributed by atoms with Gasteiger partial charge in [0.2, 0.25) is 0 Å². The Labute approximate surface area is 94.8 Å². The zero-order valence-corrected chi connectivity index (χ0v) is 9.50. The predicted molar refractivity (Wildman–Crippen MR) is 64.0 cm³/mol. The summed E-state index contributed by atoms with van der Waals surface area (Å²) in [5.74, 6) is 0. The zero-order valence-electron chi connectivity index (χ0n) is 7.87. The van der Waals surface area contributed by atoms with Crippen molar-refractivity contribution in [3.8, 4) is 0 Å². The second-order valence-corrected chi connectivity index (χ2v) is 5.12. The molecule has 0 fully saturated rings. The molecule has 76 valence electrons. The first-order valence-electron chi connectivity index (χ1n) is 4.38. The number of hydrogen-bond acceptors (Lipinski definition) is 3. The lowest BCUT2D eigenvalue weighted by Crippen LogP contribution is -1.86. The third-order valence-corrected chi connectivity index (χ3v) is 3.69. The number of nitrogens with zero attached hydrogens (tertiary/aromatic N) is 1. The van der Waals surface area contributed by atoms with E-state index in [0.29, 0.717) is 0 Å². The molecule has 2 heterocycles. The SMILES string of the molecule is O=S(/C=C\c1cccs1)c1cccnc1. The molecular weight excluding hydrogens is 226 g/mol. The van der Waals surface area contributed by atoms with E-state index in [1.165, 1.54) is 0 Å². The summed E-state index contributed by atoms with van der Waals surface area (Å²) >= 11 is 1.62. The molecule has 0 spiro atoms. The fraction of sp³-hybridized carbons (Fsp3) is 0. The summed E-state index contributed by atoms with van der Waals surface area (Å²) in [6.07, 6.45) is 5.16. The lowest BCUT2D eigenvalue weighted by Gasteiger charge is -1.93. The van der Waals surface area contributed by atoms with Gasteiger partial charge in [0.25, 0.3) is 0 Å². The minimum absolute atomic E-state index is 0.727. The molecule has 0 aliphatic carbocycles. The van der Waals surface area contributed by atoms with Crippen molar-refractivity contribution in [3.63, 3.8) is 0 Å². The van der Waals surface area contributed by atoms with Crippen LogP contribution in [0.4, 0.5) is 0 Å². The van der Waals surface area contributed by atoms with Crippen LogP contribution >= 0.6 is 11.3 Å². The molecule has 4 heteroatoms. The van der Waals surface area contributed by atoms with Crippen LogP contribution in [0.15, 0.2) is 52.3 Å². The number of rotatable bonds is 3. The van der Waals surface area contributed by atoms with Gasteiger partial charge in [-0.05, 0) is 29.7 Å². The molecule has 1 atom stereocenters. The summed E-state index contributed by atoms with van der Waals surface area (Å²) in [5, 5.41) is 3.68. The van der Waals surface area contributed by atoms with Crippen LogP contribution in [-0.4, -0.2) is 9.19 Å². The molecule has 1 unspecified atom stereocenters. The van der Waals surface area contributed by atoms with E-state index in [1.54, 1.807) is 35.2 Å². The third-order valence-electron chi connectivity index (χ3n) is 1.77. The van der Waals surface area contributed by atoms with Gasteiger partial charge in [0.05, 0.1) is 15.7 Å². The maximum atomic E-state index is 11.7. The number of thiophene rings is 1. The Morgan fingerprint density at radius 3 is 2.93 bits per heavy atom. The van der Waals surface area contributed by atoms with Gasteiger partial charge in [0.15, 0.2) is 0 Å². The quantitative estimate of drug-likeness (QED) is 0.818. The highest BCUT2D eigenvalue weighted by Gasteiger charge is 1.97. The lowest BCUT2D eigenvalue weighted by atomic mass is 10.5. The van der Waals surface area contributed by atoms with Crippen LogP contribution in [0, 0.1) is 0 Å². The van der Waals surface area contributed by atoms with Gasteiger partial charge in [-0.3, -0.25) is 4.98 Å².